The van der Waals surface area contributed by atoms with Crippen LogP contribution in [-0.4, -0.2) is 58.5 Å². The zero-order valence-electron chi connectivity index (χ0n) is 29.2. The van der Waals surface area contributed by atoms with Gasteiger partial charge in [-0.15, -0.1) is 11.3 Å². The minimum atomic E-state index is -1.24. The monoisotopic (exact) mass is 686 g/mol. The van der Waals surface area contributed by atoms with Gasteiger partial charge in [0.05, 0.1) is 41.7 Å². The van der Waals surface area contributed by atoms with Crippen molar-refractivity contribution in [3.63, 3.8) is 0 Å². The summed E-state index contributed by atoms with van der Waals surface area (Å²) in [4.78, 5) is 40.6. The van der Waals surface area contributed by atoms with E-state index in [1.54, 1.807) is 61.5 Å². The minimum absolute atomic E-state index is 0.190. The van der Waals surface area contributed by atoms with E-state index in [0.717, 1.165) is 22.0 Å². The predicted octanol–water partition coefficient (Wildman–Crippen LogP) is 6.92. The highest BCUT2D eigenvalue weighted by Gasteiger charge is 2.38. The number of benzene rings is 3. The molecule has 0 fully saturated rings. The lowest BCUT2D eigenvalue weighted by molar-refractivity contribution is 0.0593. The fourth-order valence-corrected chi connectivity index (χ4v) is 6.62. The van der Waals surface area contributed by atoms with Crippen LogP contribution in [0, 0.1) is 18.3 Å². The summed E-state index contributed by atoms with van der Waals surface area (Å²) < 4.78 is 0. The summed E-state index contributed by atoms with van der Waals surface area (Å²) in [5.41, 5.74) is 4.36. The molecule has 0 bridgehead atoms. The molecule has 0 aliphatic heterocycles. The van der Waals surface area contributed by atoms with Crippen molar-refractivity contribution in [2.24, 2.45) is 0 Å². The maximum atomic E-state index is 14.3. The van der Waals surface area contributed by atoms with Gasteiger partial charge in [0.25, 0.3) is 11.8 Å². The summed E-state index contributed by atoms with van der Waals surface area (Å²) in [6, 6.07) is 25.6. The van der Waals surface area contributed by atoms with Gasteiger partial charge in [-0.25, -0.2) is 4.98 Å². The van der Waals surface area contributed by atoms with Gasteiger partial charge in [0.15, 0.2) is 0 Å². The number of aryl methyl sites for hydroxylation is 1. The van der Waals surface area contributed by atoms with Crippen LogP contribution in [0.15, 0.2) is 96.6 Å². The Labute approximate surface area is 297 Å². The lowest BCUT2D eigenvalue weighted by Gasteiger charge is -2.38. The first-order valence-electron chi connectivity index (χ1n) is 16.4. The highest BCUT2D eigenvalue weighted by atomic mass is 32.1. The number of rotatable bonds is 12. The maximum Gasteiger partial charge on any atom is 0.254 e. The van der Waals surface area contributed by atoms with Crippen molar-refractivity contribution >= 4 is 28.8 Å². The van der Waals surface area contributed by atoms with Crippen LogP contribution in [0.25, 0.3) is 11.1 Å². The number of anilines is 1. The van der Waals surface area contributed by atoms with Crippen LogP contribution in [0.4, 0.5) is 5.69 Å². The number of likely N-dealkylation sites (N-methyl/N-ethyl adjacent to an activating group) is 1. The number of thiazole rings is 1. The average Bonchev–Trinajstić information content (AvgIpc) is 3.54. The minimum Gasteiger partial charge on any atom is -0.388 e. The van der Waals surface area contributed by atoms with E-state index in [1.807, 2.05) is 66.8 Å². The third kappa shape index (κ3) is 8.08. The standard InChI is InChI=1S/C40H42N6O3S/c1-26(2)32-19-34(22-42-21-32)45(5)23-36(47)40(4,33-13-8-7-9-14-33)44-38(48)30-16-29(35-15-11-10-12-28(35)20-41)17-31(18-30)39(49)46(6)24-37-43-27(3)25-50-37/h7-19,21-22,25-26,36,47H,23-24H2,1-6H3,(H,44,48)/t36-,40+/m1/s1. The average molecular weight is 687 g/mol. The van der Waals surface area contributed by atoms with Crippen LogP contribution in [-0.2, 0) is 12.1 Å². The molecule has 0 saturated carbocycles. The van der Waals surface area contributed by atoms with Gasteiger partial charge >= 0.3 is 0 Å². The van der Waals surface area contributed by atoms with Crippen molar-refractivity contribution in [2.45, 2.75) is 51.8 Å². The second kappa shape index (κ2) is 15.5. The summed E-state index contributed by atoms with van der Waals surface area (Å²) in [6.45, 7) is 8.40. The third-order valence-corrected chi connectivity index (χ3v) is 9.85. The molecule has 256 valence electrons. The molecule has 0 spiro atoms. The second-order valence-electron chi connectivity index (χ2n) is 13.1. The van der Waals surface area contributed by atoms with Crippen LogP contribution < -0.4 is 10.2 Å². The van der Waals surface area contributed by atoms with E-state index < -0.39 is 17.6 Å². The molecular formula is C40H42N6O3S. The van der Waals surface area contributed by atoms with Gasteiger partial charge in [0.2, 0.25) is 0 Å². The van der Waals surface area contributed by atoms with Gasteiger partial charge in [0, 0.05) is 49.0 Å². The fourth-order valence-electron chi connectivity index (χ4n) is 5.80. The van der Waals surface area contributed by atoms with Gasteiger partial charge in [0.1, 0.15) is 5.01 Å². The highest BCUT2D eigenvalue weighted by Crippen LogP contribution is 2.30. The molecule has 0 aliphatic rings. The van der Waals surface area contributed by atoms with Crippen molar-refractivity contribution < 1.29 is 14.7 Å². The van der Waals surface area contributed by atoms with Crippen molar-refractivity contribution in [1.82, 2.24) is 20.2 Å². The van der Waals surface area contributed by atoms with E-state index in [4.69, 9.17) is 0 Å². The molecule has 2 amide bonds. The molecule has 0 saturated heterocycles. The Kier molecular flexibility index (Phi) is 11.1. The predicted molar refractivity (Wildman–Crippen MR) is 198 cm³/mol. The van der Waals surface area contributed by atoms with Gasteiger partial charge in [-0.05, 0) is 72.4 Å². The Hall–Kier alpha value is -5.37. The van der Waals surface area contributed by atoms with E-state index in [0.29, 0.717) is 34.7 Å². The van der Waals surface area contributed by atoms with Crippen LogP contribution in [0.1, 0.15) is 74.8 Å². The van der Waals surface area contributed by atoms with E-state index in [2.05, 4.69) is 41.3 Å². The number of aliphatic hydroxyl groups is 1. The van der Waals surface area contributed by atoms with E-state index in [-0.39, 0.29) is 23.6 Å². The number of hydrogen-bond donors (Lipinski definition) is 2. The van der Waals surface area contributed by atoms with Gasteiger partial charge in [-0.3, -0.25) is 14.6 Å². The van der Waals surface area contributed by atoms with Gasteiger partial charge < -0.3 is 20.2 Å². The zero-order chi connectivity index (χ0) is 36.0. The van der Waals surface area contributed by atoms with Crippen molar-refractivity contribution in [1.29, 1.82) is 5.26 Å². The summed E-state index contributed by atoms with van der Waals surface area (Å²) >= 11 is 1.48. The Morgan fingerprint density at radius 3 is 2.38 bits per heavy atom. The summed E-state index contributed by atoms with van der Waals surface area (Å²) in [7, 11) is 3.58. The number of carbonyl (C=O) groups excluding carboxylic acids is 2. The van der Waals surface area contributed by atoms with Crippen molar-refractivity contribution in [2.75, 3.05) is 25.5 Å². The Morgan fingerprint density at radius 1 is 1.00 bits per heavy atom. The first-order chi connectivity index (χ1) is 23.9. The van der Waals surface area contributed by atoms with E-state index >= 15 is 0 Å². The van der Waals surface area contributed by atoms with Crippen LogP contribution >= 0.6 is 11.3 Å². The molecule has 9 nitrogen and oxygen atoms in total. The van der Waals surface area contributed by atoms with Crippen LogP contribution in [0.3, 0.4) is 0 Å². The number of amides is 2. The molecule has 5 rings (SSSR count). The quantitative estimate of drug-likeness (QED) is 0.146. The molecule has 0 aliphatic carbocycles. The molecule has 2 N–H and O–H groups in total. The number of hydrogen-bond acceptors (Lipinski definition) is 8. The molecule has 0 radical (unpaired) electrons. The van der Waals surface area contributed by atoms with E-state index in [9.17, 15) is 20.0 Å². The van der Waals surface area contributed by atoms with Gasteiger partial charge in [-0.2, -0.15) is 5.26 Å². The Bertz CT molecular complexity index is 2020. The molecule has 0 unspecified atom stereocenters. The smallest absolute Gasteiger partial charge is 0.254 e. The number of nitrogens with one attached hydrogen (secondary N) is 1. The molecule has 50 heavy (non-hydrogen) atoms. The molecule has 5 aromatic rings. The molecule has 2 heterocycles. The topological polar surface area (TPSA) is 122 Å². The Morgan fingerprint density at radius 2 is 1.70 bits per heavy atom. The molecule has 2 aromatic heterocycles. The van der Waals surface area contributed by atoms with Crippen LogP contribution in [0.5, 0.6) is 0 Å². The number of aromatic nitrogens is 2. The first kappa shape index (κ1) is 35.9. The summed E-state index contributed by atoms with van der Waals surface area (Å²) in [5, 5.41) is 27.7. The third-order valence-electron chi connectivity index (χ3n) is 8.90. The molecular weight excluding hydrogens is 645 g/mol. The molecule has 3 aromatic carbocycles. The zero-order valence-corrected chi connectivity index (χ0v) is 30.0. The number of carbonyl (C=O) groups is 2. The number of nitrogens with zero attached hydrogens (tertiary/aromatic N) is 5. The van der Waals surface area contributed by atoms with Crippen LogP contribution in [0.2, 0.25) is 0 Å². The molecule has 10 heteroatoms. The highest BCUT2D eigenvalue weighted by molar-refractivity contribution is 7.09. The largest absolute Gasteiger partial charge is 0.388 e. The van der Waals surface area contributed by atoms with Crippen molar-refractivity contribution in [3.05, 3.63) is 135 Å². The lowest BCUT2D eigenvalue weighted by Crippen LogP contribution is -2.55. The number of pyridine rings is 1. The normalized spacial score (nSPS) is 12.9. The Balaban J connectivity index is 1.51. The summed E-state index contributed by atoms with van der Waals surface area (Å²) in [5.74, 6) is -0.489. The SMILES string of the molecule is Cc1csc(CN(C)C(=O)c2cc(C(=O)N[C@@](C)(c3ccccc3)[C@H](O)CN(C)c3cncc(C(C)C)c3)cc(-c3ccccc3C#N)c2)n1. The first-order valence-corrected chi connectivity index (χ1v) is 17.3. The summed E-state index contributed by atoms with van der Waals surface area (Å²) in [6.07, 6.45) is 2.54. The van der Waals surface area contributed by atoms with E-state index in [1.165, 1.54) is 11.3 Å². The number of nitriles is 1. The molecule has 2 atom stereocenters. The second-order valence-corrected chi connectivity index (χ2v) is 14.0. The number of aliphatic hydroxyl groups excluding tert-OH is 1. The lowest BCUT2D eigenvalue weighted by atomic mass is 9.85. The maximum absolute atomic E-state index is 14.3. The van der Waals surface area contributed by atoms with Crippen molar-refractivity contribution in [3.8, 4) is 17.2 Å². The van der Waals surface area contributed by atoms with Gasteiger partial charge in [-0.1, -0.05) is 62.4 Å². The fraction of sp³-hybridized carbons (Fsp3) is 0.275.